The van der Waals surface area contributed by atoms with Gasteiger partial charge in [0, 0.05) is 18.2 Å². The molecule has 0 saturated carbocycles. The van der Waals surface area contributed by atoms with E-state index in [0.29, 0.717) is 23.6 Å². The SMILES string of the molecule is CC(C)C1CN(C(=O)CN2C(=O)c3ccccc3C2=O)c2ccccc21. The minimum Gasteiger partial charge on any atom is -0.310 e. The van der Waals surface area contributed by atoms with Gasteiger partial charge >= 0.3 is 0 Å². The summed E-state index contributed by atoms with van der Waals surface area (Å²) in [6, 6.07) is 14.6. The largest absolute Gasteiger partial charge is 0.310 e. The van der Waals surface area contributed by atoms with Gasteiger partial charge in [0.25, 0.3) is 11.8 Å². The molecule has 0 aromatic heterocycles. The molecule has 5 heteroatoms. The van der Waals surface area contributed by atoms with E-state index in [1.165, 1.54) is 0 Å². The van der Waals surface area contributed by atoms with Crippen molar-refractivity contribution < 1.29 is 14.4 Å². The van der Waals surface area contributed by atoms with Crippen LogP contribution in [0.25, 0.3) is 0 Å². The van der Waals surface area contributed by atoms with Gasteiger partial charge in [-0.15, -0.1) is 0 Å². The van der Waals surface area contributed by atoms with E-state index < -0.39 is 11.8 Å². The third kappa shape index (κ3) is 2.43. The second-order valence-corrected chi connectivity index (χ2v) is 7.16. The Balaban J connectivity index is 1.59. The molecule has 1 atom stereocenters. The van der Waals surface area contributed by atoms with Crippen LogP contribution in [0.3, 0.4) is 0 Å². The van der Waals surface area contributed by atoms with E-state index >= 15 is 0 Å². The molecule has 2 aromatic rings. The van der Waals surface area contributed by atoms with E-state index in [1.54, 1.807) is 29.2 Å². The van der Waals surface area contributed by atoms with Gasteiger partial charge in [-0.05, 0) is 29.7 Å². The molecule has 2 aliphatic heterocycles. The van der Waals surface area contributed by atoms with Crippen LogP contribution in [-0.4, -0.2) is 35.7 Å². The molecule has 2 heterocycles. The van der Waals surface area contributed by atoms with Crippen LogP contribution >= 0.6 is 0 Å². The lowest BCUT2D eigenvalue weighted by atomic mass is 9.90. The lowest BCUT2D eigenvalue weighted by molar-refractivity contribution is -0.118. The molecule has 0 spiro atoms. The zero-order valence-electron chi connectivity index (χ0n) is 14.8. The number of imide groups is 1. The van der Waals surface area contributed by atoms with Crippen LogP contribution in [0.1, 0.15) is 46.0 Å². The van der Waals surface area contributed by atoms with Crippen LogP contribution in [-0.2, 0) is 4.79 Å². The monoisotopic (exact) mass is 348 g/mol. The fourth-order valence-corrected chi connectivity index (χ4v) is 3.85. The molecule has 0 fully saturated rings. The average Bonchev–Trinajstić information content (AvgIpc) is 3.14. The zero-order valence-corrected chi connectivity index (χ0v) is 14.8. The van der Waals surface area contributed by atoms with Gasteiger partial charge in [0.1, 0.15) is 6.54 Å². The minimum atomic E-state index is -0.396. The van der Waals surface area contributed by atoms with Crippen molar-refractivity contribution in [1.29, 1.82) is 0 Å². The molecule has 0 saturated heterocycles. The van der Waals surface area contributed by atoms with E-state index in [9.17, 15) is 14.4 Å². The van der Waals surface area contributed by atoms with Gasteiger partial charge in [-0.1, -0.05) is 44.2 Å². The van der Waals surface area contributed by atoms with Crippen molar-refractivity contribution in [3.8, 4) is 0 Å². The number of amides is 3. The molecule has 4 rings (SSSR count). The van der Waals surface area contributed by atoms with Crippen molar-refractivity contribution in [3.05, 3.63) is 65.2 Å². The molecule has 2 aromatic carbocycles. The standard InChI is InChI=1S/C21H20N2O3/c1-13(2)17-11-22(18-10-6-5-7-14(17)18)19(24)12-23-20(25)15-8-3-4-9-16(15)21(23)26/h3-10,13,17H,11-12H2,1-2H3. The Morgan fingerprint density at radius 2 is 1.58 bits per heavy atom. The quantitative estimate of drug-likeness (QED) is 0.801. The predicted octanol–water partition coefficient (Wildman–Crippen LogP) is 3.07. The van der Waals surface area contributed by atoms with Gasteiger partial charge < -0.3 is 4.90 Å². The molecule has 0 bridgehead atoms. The first-order valence-electron chi connectivity index (χ1n) is 8.83. The predicted molar refractivity (Wildman–Crippen MR) is 98.2 cm³/mol. The first kappa shape index (κ1) is 16.5. The minimum absolute atomic E-state index is 0.227. The Morgan fingerprint density at radius 1 is 1.00 bits per heavy atom. The number of hydrogen-bond donors (Lipinski definition) is 0. The number of anilines is 1. The number of para-hydroxylation sites is 1. The number of hydrogen-bond acceptors (Lipinski definition) is 3. The maximum Gasteiger partial charge on any atom is 0.262 e. The Morgan fingerprint density at radius 3 is 2.19 bits per heavy atom. The number of fused-ring (bicyclic) bond motifs is 2. The summed E-state index contributed by atoms with van der Waals surface area (Å²) in [6.45, 7) is 4.63. The van der Waals surface area contributed by atoms with Crippen LogP contribution in [0.5, 0.6) is 0 Å². The van der Waals surface area contributed by atoms with Crippen molar-refractivity contribution in [2.24, 2.45) is 5.92 Å². The van der Waals surface area contributed by atoms with Gasteiger partial charge in [-0.3, -0.25) is 19.3 Å². The lowest BCUT2D eigenvalue weighted by Gasteiger charge is -2.22. The molecule has 5 nitrogen and oxygen atoms in total. The van der Waals surface area contributed by atoms with Gasteiger partial charge in [0.15, 0.2) is 0 Å². The summed E-state index contributed by atoms with van der Waals surface area (Å²) in [6.07, 6.45) is 0. The highest BCUT2D eigenvalue weighted by molar-refractivity contribution is 6.22. The molecular weight excluding hydrogens is 328 g/mol. The van der Waals surface area contributed by atoms with E-state index in [4.69, 9.17) is 0 Å². The number of nitrogens with zero attached hydrogens (tertiary/aromatic N) is 2. The lowest BCUT2D eigenvalue weighted by Crippen LogP contribution is -2.42. The highest BCUT2D eigenvalue weighted by atomic mass is 16.2. The summed E-state index contributed by atoms with van der Waals surface area (Å²) < 4.78 is 0. The van der Waals surface area contributed by atoms with Gasteiger partial charge in [0.2, 0.25) is 5.91 Å². The maximum absolute atomic E-state index is 13.0. The van der Waals surface area contributed by atoms with Gasteiger partial charge in [0.05, 0.1) is 11.1 Å². The maximum atomic E-state index is 13.0. The molecular formula is C21H20N2O3. The number of benzene rings is 2. The molecule has 0 radical (unpaired) electrons. The number of rotatable bonds is 3. The second-order valence-electron chi connectivity index (χ2n) is 7.16. The summed E-state index contributed by atoms with van der Waals surface area (Å²) >= 11 is 0. The summed E-state index contributed by atoms with van der Waals surface area (Å²) in [5.41, 5.74) is 2.77. The van der Waals surface area contributed by atoms with Gasteiger partial charge in [-0.25, -0.2) is 0 Å². The van der Waals surface area contributed by atoms with Crippen molar-refractivity contribution in [1.82, 2.24) is 4.90 Å². The van der Waals surface area contributed by atoms with Crippen molar-refractivity contribution in [3.63, 3.8) is 0 Å². The highest BCUT2D eigenvalue weighted by Crippen LogP contribution is 2.40. The molecule has 132 valence electrons. The fraction of sp³-hybridized carbons (Fsp3) is 0.286. The normalized spacial score (nSPS) is 18.5. The van der Waals surface area contributed by atoms with Crippen LogP contribution in [0.2, 0.25) is 0 Å². The Bertz CT molecular complexity index is 884. The molecule has 1 unspecified atom stereocenters. The third-order valence-corrected chi connectivity index (χ3v) is 5.28. The van der Waals surface area contributed by atoms with Crippen LogP contribution in [0.15, 0.2) is 48.5 Å². The molecule has 0 N–H and O–H groups in total. The Hall–Kier alpha value is -2.95. The first-order valence-corrected chi connectivity index (χ1v) is 8.83. The average molecular weight is 348 g/mol. The number of carbonyl (C=O) groups excluding carboxylic acids is 3. The summed E-state index contributed by atoms with van der Waals surface area (Å²) in [5.74, 6) is -0.362. The molecule has 0 aliphatic carbocycles. The second kappa shape index (κ2) is 6.09. The smallest absolute Gasteiger partial charge is 0.262 e. The topological polar surface area (TPSA) is 57.7 Å². The van der Waals surface area contributed by atoms with E-state index in [2.05, 4.69) is 19.9 Å². The number of carbonyl (C=O) groups is 3. The third-order valence-electron chi connectivity index (χ3n) is 5.28. The van der Waals surface area contributed by atoms with E-state index in [0.717, 1.165) is 16.2 Å². The summed E-state index contributed by atoms with van der Waals surface area (Å²) in [5, 5.41) is 0. The van der Waals surface area contributed by atoms with E-state index in [1.807, 2.05) is 18.2 Å². The summed E-state index contributed by atoms with van der Waals surface area (Å²) in [4.78, 5) is 40.7. The van der Waals surface area contributed by atoms with Crippen LogP contribution < -0.4 is 4.90 Å². The summed E-state index contributed by atoms with van der Waals surface area (Å²) in [7, 11) is 0. The van der Waals surface area contributed by atoms with Crippen molar-refractivity contribution in [2.75, 3.05) is 18.0 Å². The van der Waals surface area contributed by atoms with Crippen molar-refractivity contribution in [2.45, 2.75) is 19.8 Å². The Kier molecular flexibility index (Phi) is 3.87. The highest BCUT2D eigenvalue weighted by Gasteiger charge is 2.39. The van der Waals surface area contributed by atoms with Crippen LogP contribution in [0.4, 0.5) is 5.69 Å². The van der Waals surface area contributed by atoms with Crippen molar-refractivity contribution >= 4 is 23.4 Å². The van der Waals surface area contributed by atoms with E-state index in [-0.39, 0.29) is 18.4 Å². The molecule has 26 heavy (non-hydrogen) atoms. The zero-order chi connectivity index (χ0) is 18.4. The van der Waals surface area contributed by atoms with Gasteiger partial charge in [-0.2, -0.15) is 0 Å². The molecule has 2 aliphatic rings. The fourth-order valence-electron chi connectivity index (χ4n) is 3.85. The van der Waals surface area contributed by atoms with Crippen LogP contribution in [0, 0.1) is 5.92 Å². The Labute approximate surface area is 152 Å². The molecule has 3 amide bonds. The first-order chi connectivity index (χ1) is 12.5.